The average Bonchev–Trinajstić information content (AvgIpc) is 3.20. The molecule has 1 aromatic heterocycles. The number of benzene rings is 2. The zero-order valence-corrected chi connectivity index (χ0v) is 14.5. The lowest BCUT2D eigenvalue weighted by Crippen LogP contribution is -2.33. The molecule has 0 fully saturated rings. The van der Waals surface area contributed by atoms with E-state index < -0.39 is 6.04 Å². The number of carbonyl (C=O) groups excluding carboxylic acids is 2. The van der Waals surface area contributed by atoms with Gasteiger partial charge in [-0.15, -0.1) is 11.3 Å². The number of halogens is 1. The van der Waals surface area contributed by atoms with E-state index in [0.717, 1.165) is 10.4 Å². The van der Waals surface area contributed by atoms with Crippen LogP contribution >= 0.6 is 11.3 Å². The van der Waals surface area contributed by atoms with Crippen molar-refractivity contribution in [1.82, 2.24) is 5.32 Å². The third-order valence-corrected chi connectivity index (χ3v) is 4.68. The fraction of sp³-hybridized carbons (Fsp3) is 0.100. The first-order valence-electron chi connectivity index (χ1n) is 7.92. The Hall–Kier alpha value is -2.99. The van der Waals surface area contributed by atoms with Crippen molar-refractivity contribution in [3.05, 3.63) is 87.9 Å². The molecule has 4 nitrogen and oxygen atoms in total. The molecule has 6 heteroatoms. The van der Waals surface area contributed by atoms with E-state index in [1.807, 2.05) is 17.5 Å². The summed E-state index contributed by atoms with van der Waals surface area (Å²) in [5.41, 5.74) is 1.16. The van der Waals surface area contributed by atoms with Crippen molar-refractivity contribution in [2.75, 3.05) is 6.61 Å². The molecule has 1 amide bonds. The van der Waals surface area contributed by atoms with E-state index in [1.54, 1.807) is 36.4 Å². The normalized spacial score (nSPS) is 11.6. The van der Waals surface area contributed by atoms with Crippen LogP contribution in [-0.2, 0) is 4.79 Å². The molecule has 132 valence electrons. The molecule has 0 aliphatic carbocycles. The first-order valence-corrected chi connectivity index (χ1v) is 8.80. The molecule has 3 rings (SSSR count). The zero-order chi connectivity index (χ0) is 18.4. The molecular formula is C20H16FNO3S. The van der Waals surface area contributed by atoms with Crippen molar-refractivity contribution in [3.8, 4) is 5.75 Å². The number of ether oxygens (including phenoxy) is 1. The van der Waals surface area contributed by atoms with E-state index in [9.17, 15) is 14.0 Å². The number of carbonyl (C=O) groups is 2. The molecule has 0 saturated carbocycles. The van der Waals surface area contributed by atoms with Gasteiger partial charge in [-0.1, -0.05) is 30.3 Å². The molecule has 2 aromatic carbocycles. The standard InChI is InChI=1S/C20H16FNO3S/c21-16-9-7-14(8-10-16)20(18-6-3-11-26-18)22-19(24)13-25-17-5-2-1-4-15(17)12-23/h1-12,20H,13H2,(H,22,24)/t20-/m0/s1. The molecule has 0 spiro atoms. The predicted octanol–water partition coefficient (Wildman–Crippen LogP) is 3.98. The first-order chi connectivity index (χ1) is 12.7. The van der Waals surface area contributed by atoms with Gasteiger partial charge in [0.1, 0.15) is 11.6 Å². The van der Waals surface area contributed by atoms with Gasteiger partial charge in [0.25, 0.3) is 5.91 Å². The molecule has 1 N–H and O–H groups in total. The molecule has 0 saturated heterocycles. The van der Waals surface area contributed by atoms with Crippen molar-refractivity contribution in [3.63, 3.8) is 0 Å². The maximum Gasteiger partial charge on any atom is 0.258 e. The van der Waals surface area contributed by atoms with Crippen LogP contribution in [0, 0.1) is 5.82 Å². The quantitative estimate of drug-likeness (QED) is 0.641. The summed E-state index contributed by atoms with van der Waals surface area (Å²) >= 11 is 1.50. The topological polar surface area (TPSA) is 55.4 Å². The largest absolute Gasteiger partial charge is 0.483 e. The molecule has 0 aliphatic rings. The Morgan fingerprint density at radius 2 is 1.88 bits per heavy atom. The highest BCUT2D eigenvalue weighted by Gasteiger charge is 2.18. The molecule has 3 aromatic rings. The third-order valence-electron chi connectivity index (χ3n) is 3.74. The van der Waals surface area contributed by atoms with Crippen LogP contribution in [0.5, 0.6) is 5.75 Å². The summed E-state index contributed by atoms with van der Waals surface area (Å²) in [5, 5.41) is 4.81. The molecule has 0 radical (unpaired) electrons. The monoisotopic (exact) mass is 369 g/mol. The number of aldehydes is 1. The summed E-state index contributed by atoms with van der Waals surface area (Å²) in [6.45, 7) is -0.228. The second-order valence-corrected chi connectivity index (χ2v) is 6.49. The second kappa shape index (κ2) is 8.40. The lowest BCUT2D eigenvalue weighted by atomic mass is 10.1. The minimum absolute atomic E-state index is 0.228. The molecule has 0 aliphatic heterocycles. The van der Waals surface area contributed by atoms with Gasteiger partial charge in [0.2, 0.25) is 0 Å². The highest BCUT2D eigenvalue weighted by Crippen LogP contribution is 2.26. The Labute approximate surface area is 154 Å². The van der Waals surface area contributed by atoms with Gasteiger partial charge in [-0.2, -0.15) is 0 Å². The van der Waals surface area contributed by atoms with Crippen LogP contribution < -0.4 is 10.1 Å². The Kier molecular flexibility index (Phi) is 5.76. The highest BCUT2D eigenvalue weighted by molar-refractivity contribution is 7.10. The SMILES string of the molecule is O=Cc1ccccc1OCC(=O)N[C@@H](c1ccc(F)cc1)c1cccs1. The number of para-hydroxylation sites is 1. The molecule has 26 heavy (non-hydrogen) atoms. The van der Waals surface area contributed by atoms with Gasteiger partial charge in [0.05, 0.1) is 11.6 Å². The van der Waals surface area contributed by atoms with Gasteiger partial charge in [-0.3, -0.25) is 9.59 Å². The second-order valence-electron chi connectivity index (χ2n) is 5.51. The molecule has 0 bridgehead atoms. The van der Waals surface area contributed by atoms with E-state index in [4.69, 9.17) is 4.74 Å². The molecular weight excluding hydrogens is 353 g/mol. The zero-order valence-electron chi connectivity index (χ0n) is 13.7. The average molecular weight is 369 g/mol. The van der Waals surface area contributed by atoms with E-state index in [-0.39, 0.29) is 18.3 Å². The van der Waals surface area contributed by atoms with Crippen LogP contribution in [0.4, 0.5) is 4.39 Å². The first kappa shape index (κ1) is 17.8. The van der Waals surface area contributed by atoms with Crippen molar-refractivity contribution in [1.29, 1.82) is 0 Å². The summed E-state index contributed by atoms with van der Waals surface area (Å²) in [6, 6.07) is 16.1. The minimum Gasteiger partial charge on any atom is -0.483 e. The van der Waals surface area contributed by atoms with Crippen LogP contribution in [0.2, 0.25) is 0 Å². The maximum absolute atomic E-state index is 13.2. The van der Waals surface area contributed by atoms with E-state index in [1.165, 1.54) is 23.5 Å². The van der Waals surface area contributed by atoms with Crippen molar-refractivity contribution < 1.29 is 18.7 Å². The van der Waals surface area contributed by atoms with Gasteiger partial charge < -0.3 is 10.1 Å². The number of hydrogen-bond donors (Lipinski definition) is 1. The fourth-order valence-electron chi connectivity index (χ4n) is 2.48. The summed E-state index contributed by atoms with van der Waals surface area (Å²) in [7, 11) is 0. The van der Waals surface area contributed by atoms with Crippen molar-refractivity contribution >= 4 is 23.5 Å². The summed E-state index contributed by atoms with van der Waals surface area (Å²) < 4.78 is 18.7. The van der Waals surface area contributed by atoms with Gasteiger partial charge in [-0.05, 0) is 41.3 Å². The Morgan fingerprint density at radius 1 is 1.12 bits per heavy atom. The van der Waals surface area contributed by atoms with E-state index >= 15 is 0 Å². The fourth-order valence-corrected chi connectivity index (χ4v) is 3.29. The van der Waals surface area contributed by atoms with Crippen LogP contribution in [0.3, 0.4) is 0 Å². The van der Waals surface area contributed by atoms with Crippen LogP contribution in [0.15, 0.2) is 66.0 Å². The van der Waals surface area contributed by atoms with Crippen LogP contribution in [0.25, 0.3) is 0 Å². The number of hydrogen-bond acceptors (Lipinski definition) is 4. The molecule has 1 atom stereocenters. The molecule has 1 heterocycles. The number of rotatable bonds is 7. The lowest BCUT2D eigenvalue weighted by molar-refractivity contribution is -0.123. The number of amides is 1. The summed E-state index contributed by atoms with van der Waals surface area (Å²) in [6.07, 6.45) is 0.681. The highest BCUT2D eigenvalue weighted by atomic mass is 32.1. The lowest BCUT2D eigenvalue weighted by Gasteiger charge is -2.18. The third kappa shape index (κ3) is 4.34. The van der Waals surface area contributed by atoms with Crippen molar-refractivity contribution in [2.45, 2.75) is 6.04 Å². The maximum atomic E-state index is 13.2. The Balaban J connectivity index is 1.71. The van der Waals surface area contributed by atoms with Crippen molar-refractivity contribution in [2.24, 2.45) is 0 Å². The number of thiophene rings is 1. The minimum atomic E-state index is -0.395. The summed E-state index contributed by atoms with van der Waals surface area (Å²) in [4.78, 5) is 24.3. The van der Waals surface area contributed by atoms with Crippen LogP contribution in [0.1, 0.15) is 26.8 Å². The Morgan fingerprint density at radius 3 is 2.58 bits per heavy atom. The van der Waals surface area contributed by atoms with E-state index in [0.29, 0.717) is 17.6 Å². The smallest absolute Gasteiger partial charge is 0.258 e. The van der Waals surface area contributed by atoms with E-state index in [2.05, 4.69) is 5.32 Å². The number of nitrogens with one attached hydrogen (secondary N) is 1. The van der Waals surface area contributed by atoms with Crippen LogP contribution in [-0.4, -0.2) is 18.8 Å². The van der Waals surface area contributed by atoms with Gasteiger partial charge in [0, 0.05) is 4.88 Å². The Bertz CT molecular complexity index is 878. The predicted molar refractivity (Wildman–Crippen MR) is 98.0 cm³/mol. The van der Waals surface area contributed by atoms with Gasteiger partial charge in [-0.25, -0.2) is 4.39 Å². The summed E-state index contributed by atoms with van der Waals surface area (Å²) in [5.74, 6) is -0.320. The van der Waals surface area contributed by atoms with Gasteiger partial charge in [0.15, 0.2) is 12.9 Å². The molecule has 0 unspecified atom stereocenters. The van der Waals surface area contributed by atoms with Gasteiger partial charge >= 0.3 is 0 Å².